The number of carbonyl (C=O) groups excluding carboxylic acids is 2. The summed E-state index contributed by atoms with van der Waals surface area (Å²) in [6, 6.07) is 6.18. The number of nitrogens with one attached hydrogen (secondary N) is 1. The third-order valence-corrected chi connectivity index (χ3v) is 2.85. The first-order valence-corrected chi connectivity index (χ1v) is 6.58. The van der Waals surface area contributed by atoms with E-state index in [1.807, 2.05) is 0 Å². The zero-order valence-electron chi connectivity index (χ0n) is 11.8. The van der Waals surface area contributed by atoms with E-state index in [0.29, 0.717) is 16.5 Å². The highest BCUT2D eigenvalue weighted by molar-refractivity contribution is 5.97. The first kappa shape index (κ1) is 14.8. The van der Waals surface area contributed by atoms with Crippen molar-refractivity contribution in [1.82, 2.24) is 4.98 Å². The quantitative estimate of drug-likeness (QED) is 0.869. The van der Waals surface area contributed by atoms with Gasteiger partial charge in [0.1, 0.15) is 5.56 Å². The molecule has 110 valence electrons. The second-order valence-corrected chi connectivity index (χ2v) is 4.26. The van der Waals surface area contributed by atoms with Crippen LogP contribution in [0.4, 0.5) is 0 Å². The first-order chi connectivity index (χ1) is 10.1. The number of hydrogen-bond acceptors (Lipinski definition) is 5. The Morgan fingerprint density at radius 1 is 1.05 bits per heavy atom. The van der Waals surface area contributed by atoms with Gasteiger partial charge in [-0.2, -0.15) is 0 Å². The van der Waals surface area contributed by atoms with Gasteiger partial charge in [0.25, 0.3) is 5.56 Å². The van der Waals surface area contributed by atoms with E-state index in [4.69, 9.17) is 9.47 Å². The van der Waals surface area contributed by atoms with Gasteiger partial charge in [0.15, 0.2) is 0 Å². The van der Waals surface area contributed by atoms with E-state index >= 15 is 0 Å². The predicted molar refractivity (Wildman–Crippen MR) is 76.5 cm³/mol. The molecule has 0 unspecified atom stereocenters. The van der Waals surface area contributed by atoms with Crippen molar-refractivity contribution >= 4 is 22.8 Å². The molecule has 0 fully saturated rings. The van der Waals surface area contributed by atoms with Gasteiger partial charge < -0.3 is 14.5 Å². The molecule has 2 aromatic rings. The average Bonchev–Trinajstić information content (AvgIpc) is 2.46. The van der Waals surface area contributed by atoms with Crippen LogP contribution in [-0.2, 0) is 9.47 Å². The first-order valence-electron chi connectivity index (χ1n) is 6.58. The molecular weight excluding hydrogens is 274 g/mol. The van der Waals surface area contributed by atoms with Gasteiger partial charge >= 0.3 is 11.9 Å². The van der Waals surface area contributed by atoms with Crippen molar-refractivity contribution in [3.8, 4) is 0 Å². The van der Waals surface area contributed by atoms with E-state index in [9.17, 15) is 14.4 Å². The third-order valence-electron chi connectivity index (χ3n) is 2.85. The van der Waals surface area contributed by atoms with Gasteiger partial charge in [-0.05, 0) is 37.4 Å². The summed E-state index contributed by atoms with van der Waals surface area (Å²) in [5.74, 6) is -1.13. The van der Waals surface area contributed by atoms with Crippen molar-refractivity contribution in [3.05, 3.63) is 45.7 Å². The number of rotatable bonds is 4. The lowest BCUT2D eigenvalue weighted by Crippen LogP contribution is -2.19. The van der Waals surface area contributed by atoms with Gasteiger partial charge in [-0.25, -0.2) is 9.59 Å². The van der Waals surface area contributed by atoms with Crippen LogP contribution in [0.5, 0.6) is 0 Å². The minimum absolute atomic E-state index is 0.0618. The van der Waals surface area contributed by atoms with E-state index < -0.39 is 17.5 Å². The Bertz CT molecular complexity index is 747. The average molecular weight is 289 g/mol. The fraction of sp³-hybridized carbons (Fsp3) is 0.267. The molecule has 0 bridgehead atoms. The van der Waals surface area contributed by atoms with E-state index in [1.165, 1.54) is 12.1 Å². The Labute approximate surface area is 120 Å². The van der Waals surface area contributed by atoms with Crippen LogP contribution < -0.4 is 5.56 Å². The molecule has 0 atom stereocenters. The number of carbonyl (C=O) groups is 2. The number of aromatic amines is 1. The highest BCUT2D eigenvalue weighted by atomic mass is 16.5. The van der Waals surface area contributed by atoms with Gasteiger partial charge in [-0.3, -0.25) is 4.79 Å². The van der Waals surface area contributed by atoms with Gasteiger partial charge in [-0.1, -0.05) is 6.07 Å². The van der Waals surface area contributed by atoms with E-state index in [-0.39, 0.29) is 18.8 Å². The van der Waals surface area contributed by atoms with Crippen LogP contribution in [0.25, 0.3) is 10.9 Å². The van der Waals surface area contributed by atoms with Crippen LogP contribution >= 0.6 is 0 Å². The summed E-state index contributed by atoms with van der Waals surface area (Å²) in [6.45, 7) is 3.85. The monoisotopic (exact) mass is 289 g/mol. The topological polar surface area (TPSA) is 85.5 Å². The Morgan fingerprint density at radius 3 is 2.38 bits per heavy atom. The summed E-state index contributed by atoms with van der Waals surface area (Å²) in [5, 5.41) is 0.630. The summed E-state index contributed by atoms with van der Waals surface area (Å²) in [7, 11) is 0. The van der Waals surface area contributed by atoms with Crippen LogP contribution in [0.15, 0.2) is 29.1 Å². The predicted octanol–water partition coefficient (Wildman–Crippen LogP) is 1.88. The summed E-state index contributed by atoms with van der Waals surface area (Å²) >= 11 is 0. The van der Waals surface area contributed by atoms with E-state index in [0.717, 1.165) is 0 Å². The summed E-state index contributed by atoms with van der Waals surface area (Å²) in [6.07, 6.45) is 0. The van der Waals surface area contributed by atoms with Crippen LogP contribution in [-0.4, -0.2) is 30.1 Å². The zero-order chi connectivity index (χ0) is 15.4. The minimum atomic E-state index is -0.671. The van der Waals surface area contributed by atoms with Crippen molar-refractivity contribution in [2.75, 3.05) is 13.2 Å². The van der Waals surface area contributed by atoms with Crippen LogP contribution in [0.1, 0.15) is 34.6 Å². The molecule has 1 aromatic heterocycles. The highest BCUT2D eigenvalue weighted by Crippen LogP contribution is 2.15. The number of hydrogen-bond donors (Lipinski definition) is 1. The zero-order valence-corrected chi connectivity index (χ0v) is 11.8. The Kier molecular flexibility index (Phi) is 4.37. The van der Waals surface area contributed by atoms with Gasteiger partial charge in [0, 0.05) is 5.52 Å². The van der Waals surface area contributed by atoms with Crippen molar-refractivity contribution < 1.29 is 19.1 Å². The van der Waals surface area contributed by atoms with Crippen LogP contribution in [0, 0.1) is 0 Å². The molecule has 6 heteroatoms. The molecule has 0 amide bonds. The largest absolute Gasteiger partial charge is 0.462 e. The lowest BCUT2D eigenvalue weighted by molar-refractivity contribution is 0.0515. The normalized spacial score (nSPS) is 10.4. The molecule has 21 heavy (non-hydrogen) atoms. The van der Waals surface area contributed by atoms with Crippen molar-refractivity contribution in [2.45, 2.75) is 13.8 Å². The lowest BCUT2D eigenvalue weighted by atomic mass is 10.1. The highest BCUT2D eigenvalue weighted by Gasteiger charge is 2.14. The lowest BCUT2D eigenvalue weighted by Gasteiger charge is -2.05. The van der Waals surface area contributed by atoms with Gasteiger partial charge in [-0.15, -0.1) is 0 Å². The molecule has 0 saturated carbocycles. The van der Waals surface area contributed by atoms with Crippen molar-refractivity contribution in [3.63, 3.8) is 0 Å². The molecule has 1 N–H and O–H groups in total. The fourth-order valence-corrected chi connectivity index (χ4v) is 1.90. The molecule has 0 radical (unpaired) electrons. The number of H-pyrrole nitrogens is 1. The molecule has 0 spiro atoms. The molecule has 0 saturated heterocycles. The standard InChI is InChI=1S/C15H15NO5/c1-3-20-14(18)10-6-5-9-7-11(15(19)21-4-2)13(17)16-12(9)8-10/h5-8H,3-4H2,1-2H3,(H,16,17). The molecule has 0 aliphatic rings. The van der Waals surface area contributed by atoms with Gasteiger partial charge in [0.05, 0.1) is 18.8 Å². The maximum absolute atomic E-state index is 11.9. The third kappa shape index (κ3) is 3.10. The number of esters is 2. The molecule has 6 nitrogen and oxygen atoms in total. The summed E-state index contributed by atoms with van der Waals surface area (Å²) < 4.78 is 9.71. The number of aromatic nitrogens is 1. The second-order valence-electron chi connectivity index (χ2n) is 4.26. The second kappa shape index (κ2) is 6.21. The maximum Gasteiger partial charge on any atom is 0.343 e. The summed E-state index contributed by atoms with van der Waals surface area (Å²) in [4.78, 5) is 37.8. The molecule has 0 aliphatic carbocycles. The Hall–Kier alpha value is -2.63. The SMILES string of the molecule is CCOC(=O)c1ccc2cc(C(=O)OCC)c(=O)[nH]c2c1. The summed E-state index contributed by atoms with van der Waals surface area (Å²) in [5.41, 5.74) is 0.178. The fourth-order valence-electron chi connectivity index (χ4n) is 1.90. The molecule has 1 heterocycles. The van der Waals surface area contributed by atoms with Crippen LogP contribution in [0.3, 0.4) is 0 Å². The maximum atomic E-state index is 11.9. The molecular formula is C15H15NO5. The molecule has 0 aliphatic heterocycles. The molecule has 1 aromatic carbocycles. The Balaban J connectivity index is 2.47. The number of pyridine rings is 1. The van der Waals surface area contributed by atoms with Gasteiger partial charge in [0.2, 0.25) is 0 Å². The van der Waals surface area contributed by atoms with Crippen molar-refractivity contribution in [1.29, 1.82) is 0 Å². The van der Waals surface area contributed by atoms with E-state index in [2.05, 4.69) is 4.98 Å². The smallest absolute Gasteiger partial charge is 0.343 e. The van der Waals surface area contributed by atoms with Crippen LogP contribution in [0.2, 0.25) is 0 Å². The Morgan fingerprint density at radius 2 is 1.71 bits per heavy atom. The van der Waals surface area contributed by atoms with E-state index in [1.54, 1.807) is 26.0 Å². The number of fused-ring (bicyclic) bond motifs is 1. The number of benzene rings is 1. The minimum Gasteiger partial charge on any atom is -0.462 e. The van der Waals surface area contributed by atoms with Crippen molar-refractivity contribution in [2.24, 2.45) is 0 Å². The number of ether oxygens (including phenoxy) is 2. The molecule has 2 rings (SSSR count).